The predicted molar refractivity (Wildman–Crippen MR) is 74.1 cm³/mol. The van der Waals surface area contributed by atoms with Crippen molar-refractivity contribution in [2.24, 2.45) is 5.10 Å². The Bertz CT molecular complexity index is 702. The molecule has 4 atom stereocenters. The van der Waals surface area contributed by atoms with Crippen molar-refractivity contribution in [1.29, 1.82) is 0 Å². The summed E-state index contributed by atoms with van der Waals surface area (Å²) in [5.41, 5.74) is 6.14. The molecule has 3 aliphatic heterocycles. The Labute approximate surface area is 125 Å². The first-order valence-electron chi connectivity index (χ1n) is 6.96. The molecule has 116 valence electrons. The first kappa shape index (κ1) is 13.6. The normalized spacial score (nSPS) is 30.5. The van der Waals surface area contributed by atoms with Crippen molar-refractivity contribution in [3.8, 4) is 11.3 Å². The first-order chi connectivity index (χ1) is 10.7. The van der Waals surface area contributed by atoms with Crippen LogP contribution >= 0.6 is 0 Å². The molecule has 0 spiro atoms. The molecule has 0 radical (unpaired) electrons. The molecule has 4 N–H and O–H groups in total. The fourth-order valence-electron chi connectivity index (χ4n) is 2.84. The van der Waals surface area contributed by atoms with Gasteiger partial charge < -0.3 is 25.5 Å². The molecule has 4 aliphatic rings. The zero-order chi connectivity index (χ0) is 15.3. The summed E-state index contributed by atoms with van der Waals surface area (Å²) in [6.45, 7) is 0.199. The minimum absolute atomic E-state index is 0.393. The Morgan fingerprint density at radius 3 is 2.91 bits per heavy atom. The fourth-order valence-corrected chi connectivity index (χ4v) is 2.84. The fraction of sp³-hybridized carbons (Fsp3) is 0.462. The van der Waals surface area contributed by atoms with Crippen LogP contribution in [-0.2, 0) is 11.3 Å². The molecule has 0 bridgehead atoms. The molecule has 9 heteroatoms. The van der Waals surface area contributed by atoms with Crippen molar-refractivity contribution in [1.82, 2.24) is 20.4 Å². The molecule has 22 heavy (non-hydrogen) atoms. The number of aromatic nitrogens is 3. The maximum atomic E-state index is 10.1. The second-order valence-electron chi connectivity index (χ2n) is 5.35. The van der Waals surface area contributed by atoms with Crippen LogP contribution in [0.3, 0.4) is 0 Å². The van der Waals surface area contributed by atoms with Gasteiger partial charge >= 0.3 is 0 Å². The van der Waals surface area contributed by atoms with Crippen LogP contribution < -0.4 is 5.43 Å². The van der Waals surface area contributed by atoms with E-state index in [1.54, 1.807) is 6.21 Å². The van der Waals surface area contributed by atoms with Gasteiger partial charge in [-0.1, -0.05) is 6.07 Å². The summed E-state index contributed by atoms with van der Waals surface area (Å²) in [5, 5.41) is 41.8. The molecule has 1 fully saturated rings. The number of ether oxygens (including phenoxy) is 1. The van der Waals surface area contributed by atoms with Gasteiger partial charge in [-0.05, 0) is 11.6 Å². The average Bonchev–Trinajstić information content (AvgIpc) is 2.97. The van der Waals surface area contributed by atoms with Crippen LogP contribution in [0.15, 0.2) is 17.2 Å². The number of nitrogens with one attached hydrogen (secondary N) is 1. The van der Waals surface area contributed by atoms with Crippen molar-refractivity contribution in [3.63, 3.8) is 0 Å². The van der Waals surface area contributed by atoms with E-state index in [1.165, 1.54) is 4.80 Å². The quantitative estimate of drug-likeness (QED) is 0.528. The minimum atomic E-state index is -1.22. The van der Waals surface area contributed by atoms with Gasteiger partial charge in [-0.2, -0.15) is 20.1 Å². The zero-order valence-corrected chi connectivity index (χ0v) is 11.5. The van der Waals surface area contributed by atoms with E-state index < -0.39 is 31.1 Å². The van der Waals surface area contributed by atoms with Gasteiger partial charge in [0.05, 0.1) is 25.1 Å². The van der Waals surface area contributed by atoms with E-state index in [4.69, 9.17) is 9.84 Å². The van der Waals surface area contributed by atoms with E-state index in [2.05, 4.69) is 20.7 Å². The number of hydrazone groups is 1. The van der Waals surface area contributed by atoms with Crippen molar-refractivity contribution >= 4 is 6.21 Å². The Kier molecular flexibility index (Phi) is 3.08. The molecule has 9 nitrogen and oxygen atoms in total. The summed E-state index contributed by atoms with van der Waals surface area (Å²) >= 11 is 0. The van der Waals surface area contributed by atoms with Crippen LogP contribution in [0.2, 0.25) is 0 Å². The SMILES string of the molecule is OC[C@H]1O[C@@H](n2nc3ccc4c-3c(n2)C=NNC4)[C@H](O)[C@@H]1O. The summed E-state index contributed by atoms with van der Waals surface area (Å²) in [6.07, 6.45) is -2.65. The van der Waals surface area contributed by atoms with Crippen molar-refractivity contribution in [2.45, 2.75) is 31.1 Å². The maximum Gasteiger partial charge on any atom is 0.198 e. The smallest absolute Gasteiger partial charge is 0.198 e. The van der Waals surface area contributed by atoms with E-state index >= 15 is 0 Å². The summed E-state index contributed by atoms with van der Waals surface area (Å²) in [6, 6.07) is 3.79. The molecule has 1 aliphatic carbocycles. The van der Waals surface area contributed by atoms with Crippen LogP contribution in [0.4, 0.5) is 0 Å². The van der Waals surface area contributed by atoms with Gasteiger partial charge in [0.25, 0.3) is 0 Å². The van der Waals surface area contributed by atoms with Gasteiger partial charge in [-0.3, -0.25) is 0 Å². The Balaban J connectivity index is 1.79. The zero-order valence-electron chi connectivity index (χ0n) is 11.5. The molecule has 0 aromatic carbocycles. The standard InChI is InChI=1S/C13H15N5O4/c19-5-9-11(20)12(21)13(22-9)18-16-7-2-1-6-3-14-15-4-8(17-18)10(6)7/h1-2,4,9,11-14,19-21H,3,5H2/t9-,11-,12-,13-/m1/s1. The molecular formula is C13H15N5O4. The minimum Gasteiger partial charge on any atom is -0.394 e. The second-order valence-corrected chi connectivity index (χ2v) is 5.35. The van der Waals surface area contributed by atoms with Gasteiger partial charge in [0.1, 0.15) is 24.0 Å². The predicted octanol–water partition coefficient (Wildman–Crippen LogP) is -1.57. The summed E-state index contributed by atoms with van der Waals surface area (Å²) < 4.78 is 5.45. The van der Waals surface area contributed by atoms with Gasteiger partial charge in [-0.25, -0.2) is 0 Å². The molecular weight excluding hydrogens is 290 g/mol. The van der Waals surface area contributed by atoms with E-state index in [1.807, 2.05) is 12.1 Å². The number of rotatable bonds is 2. The highest BCUT2D eigenvalue weighted by atomic mass is 16.6. The lowest BCUT2D eigenvalue weighted by Gasteiger charge is -2.18. The van der Waals surface area contributed by atoms with Gasteiger partial charge in [-0.15, -0.1) is 0 Å². The molecule has 0 unspecified atom stereocenters. The Hall–Kier alpha value is -2.07. The first-order valence-corrected chi connectivity index (χ1v) is 6.96. The van der Waals surface area contributed by atoms with Crippen molar-refractivity contribution < 1.29 is 20.1 Å². The molecule has 4 rings (SSSR count). The van der Waals surface area contributed by atoms with Crippen LogP contribution in [0, 0.1) is 0 Å². The monoisotopic (exact) mass is 305 g/mol. The molecule has 0 aromatic heterocycles. The average molecular weight is 305 g/mol. The Morgan fingerprint density at radius 2 is 2.14 bits per heavy atom. The van der Waals surface area contributed by atoms with E-state index in [0.717, 1.165) is 11.1 Å². The summed E-state index contributed by atoms with van der Waals surface area (Å²) in [5.74, 6) is 0. The maximum absolute atomic E-state index is 10.1. The molecule has 0 aromatic rings. The largest absolute Gasteiger partial charge is 0.394 e. The lowest BCUT2D eigenvalue weighted by molar-refractivity contribution is -0.0666. The third-order valence-electron chi connectivity index (χ3n) is 3.99. The van der Waals surface area contributed by atoms with Gasteiger partial charge in [0.2, 0.25) is 0 Å². The number of aliphatic hydroxyl groups is 3. The van der Waals surface area contributed by atoms with Crippen LogP contribution in [0.5, 0.6) is 0 Å². The molecule has 0 amide bonds. The van der Waals surface area contributed by atoms with E-state index in [0.29, 0.717) is 17.9 Å². The van der Waals surface area contributed by atoms with E-state index in [9.17, 15) is 10.2 Å². The lowest BCUT2D eigenvalue weighted by atomic mass is 10.1. The number of hydrogen-bond donors (Lipinski definition) is 4. The van der Waals surface area contributed by atoms with Gasteiger partial charge in [0.15, 0.2) is 6.23 Å². The highest BCUT2D eigenvalue weighted by molar-refractivity contribution is 5.89. The summed E-state index contributed by atoms with van der Waals surface area (Å²) in [4.78, 5) is 1.22. The molecule has 1 saturated heterocycles. The number of hydrogen-bond acceptors (Lipinski definition) is 8. The molecule has 3 heterocycles. The lowest BCUT2D eigenvalue weighted by Crippen LogP contribution is -2.34. The van der Waals surface area contributed by atoms with Crippen molar-refractivity contribution in [2.75, 3.05) is 6.61 Å². The third-order valence-corrected chi connectivity index (χ3v) is 3.99. The number of nitrogens with zero attached hydrogens (tertiary/aromatic N) is 4. The van der Waals surface area contributed by atoms with E-state index in [-0.39, 0.29) is 0 Å². The molecule has 0 saturated carbocycles. The van der Waals surface area contributed by atoms with Gasteiger partial charge in [0, 0.05) is 5.56 Å². The highest BCUT2D eigenvalue weighted by Gasteiger charge is 2.44. The van der Waals surface area contributed by atoms with Crippen LogP contribution in [0.1, 0.15) is 17.5 Å². The van der Waals surface area contributed by atoms with Crippen molar-refractivity contribution in [3.05, 3.63) is 23.4 Å². The topological polar surface area (TPSA) is 125 Å². The third kappa shape index (κ3) is 1.91. The Morgan fingerprint density at radius 1 is 1.27 bits per heavy atom. The number of aliphatic hydroxyl groups excluding tert-OH is 3. The second kappa shape index (κ2) is 4.99. The summed E-state index contributed by atoms with van der Waals surface area (Å²) in [7, 11) is 0. The highest BCUT2D eigenvalue weighted by Crippen LogP contribution is 2.32. The van der Waals surface area contributed by atoms with Crippen LogP contribution in [-0.4, -0.2) is 61.4 Å². The van der Waals surface area contributed by atoms with Crippen LogP contribution in [0.25, 0.3) is 11.3 Å².